The number of aryl methyl sites for hydroxylation is 1. The lowest BCUT2D eigenvalue weighted by molar-refractivity contribution is 0.0772. The van der Waals surface area contributed by atoms with E-state index in [9.17, 15) is 4.79 Å². The second-order valence-electron chi connectivity index (χ2n) is 7.89. The van der Waals surface area contributed by atoms with Crippen molar-refractivity contribution < 1.29 is 9.32 Å². The molecule has 2 unspecified atom stereocenters. The summed E-state index contributed by atoms with van der Waals surface area (Å²) in [4.78, 5) is 25.8. The van der Waals surface area contributed by atoms with Gasteiger partial charge in [-0.05, 0) is 19.8 Å². The van der Waals surface area contributed by atoms with Crippen LogP contribution in [0.1, 0.15) is 47.1 Å². The van der Waals surface area contributed by atoms with Gasteiger partial charge >= 0.3 is 0 Å². The average molecular weight is 353 g/mol. The number of carbonyl (C=O) groups is 1. The van der Waals surface area contributed by atoms with Crippen molar-refractivity contribution in [1.29, 1.82) is 0 Å². The molecule has 26 heavy (non-hydrogen) atoms. The van der Waals surface area contributed by atoms with Gasteiger partial charge in [0.25, 0.3) is 5.91 Å². The summed E-state index contributed by atoms with van der Waals surface area (Å²) in [6, 6.07) is 3.89. The molecule has 5 rings (SSSR count). The van der Waals surface area contributed by atoms with Gasteiger partial charge in [-0.15, -0.1) is 0 Å². The predicted octanol–water partition coefficient (Wildman–Crippen LogP) is 2.25. The van der Waals surface area contributed by atoms with Gasteiger partial charge in [-0.1, -0.05) is 11.6 Å². The number of hydrogen-bond acceptors (Lipinski definition) is 6. The fourth-order valence-corrected chi connectivity index (χ4v) is 4.44. The van der Waals surface area contributed by atoms with Crippen molar-refractivity contribution in [3.05, 3.63) is 35.6 Å². The minimum atomic E-state index is -0.0166. The Bertz CT molecular complexity index is 817. The van der Waals surface area contributed by atoms with Crippen LogP contribution in [-0.2, 0) is 0 Å². The number of hydrogen-bond donors (Lipinski definition) is 0. The van der Waals surface area contributed by atoms with Crippen molar-refractivity contribution in [2.75, 3.05) is 31.1 Å². The van der Waals surface area contributed by atoms with Gasteiger partial charge < -0.3 is 14.3 Å². The lowest BCUT2D eigenvalue weighted by atomic mass is 9.83. The van der Waals surface area contributed by atoms with Crippen molar-refractivity contribution in [3.63, 3.8) is 0 Å². The minimum absolute atomic E-state index is 0.0166. The van der Waals surface area contributed by atoms with Gasteiger partial charge in [-0.2, -0.15) is 0 Å². The summed E-state index contributed by atoms with van der Waals surface area (Å²) in [6.07, 6.45) is 5.52. The molecule has 1 saturated carbocycles. The van der Waals surface area contributed by atoms with E-state index in [-0.39, 0.29) is 5.91 Å². The molecule has 1 amide bonds. The second kappa shape index (κ2) is 6.07. The quantitative estimate of drug-likeness (QED) is 0.842. The highest BCUT2D eigenvalue weighted by Crippen LogP contribution is 2.38. The molecule has 0 radical (unpaired) electrons. The molecule has 2 atom stereocenters. The van der Waals surface area contributed by atoms with E-state index in [1.54, 1.807) is 19.3 Å². The number of anilines is 1. The zero-order valence-electron chi connectivity index (χ0n) is 15.0. The first-order chi connectivity index (χ1) is 12.7. The average Bonchev–Trinajstić information content (AvgIpc) is 3.27. The molecule has 3 aliphatic rings. The first-order valence-electron chi connectivity index (χ1n) is 9.47. The number of amides is 1. The molecule has 0 N–H and O–H groups in total. The molecule has 2 aromatic rings. The zero-order valence-corrected chi connectivity index (χ0v) is 15.0. The fourth-order valence-electron chi connectivity index (χ4n) is 4.44. The molecule has 136 valence electrons. The van der Waals surface area contributed by atoms with Crippen LogP contribution >= 0.6 is 0 Å². The van der Waals surface area contributed by atoms with Crippen molar-refractivity contribution >= 4 is 11.7 Å². The Morgan fingerprint density at radius 2 is 1.88 bits per heavy atom. The van der Waals surface area contributed by atoms with Gasteiger partial charge in [0, 0.05) is 61.8 Å². The highest BCUT2D eigenvalue weighted by molar-refractivity contribution is 5.92. The third kappa shape index (κ3) is 2.66. The highest BCUT2D eigenvalue weighted by atomic mass is 16.5. The summed E-state index contributed by atoms with van der Waals surface area (Å²) in [5.74, 6) is 3.31. The molecular formula is C19H23N5O2. The Morgan fingerprint density at radius 3 is 2.50 bits per heavy atom. The van der Waals surface area contributed by atoms with Crippen molar-refractivity contribution in [3.8, 4) is 0 Å². The summed E-state index contributed by atoms with van der Waals surface area (Å²) in [5, 5.41) is 3.86. The molecule has 2 aliphatic heterocycles. The standard InChI is InChI=1S/C19H23N5O2/c1-12-5-17(22-26-12)19(25)24-9-14-7-23(8-15(14)10-24)18-6-16(20-11-21-18)13-3-2-4-13/h5-6,11,13-15H,2-4,7-10H2,1H3. The van der Waals surface area contributed by atoms with E-state index in [0.717, 1.165) is 32.0 Å². The van der Waals surface area contributed by atoms with Crippen LogP contribution in [0.4, 0.5) is 5.82 Å². The van der Waals surface area contributed by atoms with E-state index in [2.05, 4.69) is 26.1 Å². The van der Waals surface area contributed by atoms with E-state index in [1.807, 2.05) is 4.90 Å². The van der Waals surface area contributed by atoms with Gasteiger partial charge in [-0.3, -0.25) is 4.79 Å². The summed E-state index contributed by atoms with van der Waals surface area (Å²) >= 11 is 0. The van der Waals surface area contributed by atoms with Crippen LogP contribution in [0.3, 0.4) is 0 Å². The molecule has 0 aromatic carbocycles. The molecule has 7 nitrogen and oxygen atoms in total. The van der Waals surface area contributed by atoms with Crippen LogP contribution in [0, 0.1) is 18.8 Å². The first-order valence-corrected chi connectivity index (χ1v) is 9.47. The second-order valence-corrected chi connectivity index (χ2v) is 7.89. The Balaban J connectivity index is 1.25. The number of rotatable bonds is 3. The molecular weight excluding hydrogens is 330 g/mol. The molecule has 3 fully saturated rings. The molecule has 0 spiro atoms. The molecule has 2 saturated heterocycles. The first kappa shape index (κ1) is 15.8. The van der Waals surface area contributed by atoms with Crippen LogP contribution in [0.25, 0.3) is 0 Å². The number of carbonyl (C=O) groups excluding carboxylic acids is 1. The summed E-state index contributed by atoms with van der Waals surface area (Å²) < 4.78 is 5.04. The molecule has 1 aliphatic carbocycles. The number of aromatic nitrogens is 3. The summed E-state index contributed by atoms with van der Waals surface area (Å²) in [7, 11) is 0. The van der Waals surface area contributed by atoms with Crippen LogP contribution < -0.4 is 4.90 Å². The van der Waals surface area contributed by atoms with Crippen LogP contribution in [0.5, 0.6) is 0 Å². The van der Waals surface area contributed by atoms with Crippen LogP contribution in [-0.4, -0.2) is 52.1 Å². The van der Waals surface area contributed by atoms with Gasteiger partial charge in [0.05, 0.1) is 0 Å². The molecule has 0 bridgehead atoms. The van der Waals surface area contributed by atoms with E-state index >= 15 is 0 Å². The summed E-state index contributed by atoms with van der Waals surface area (Å²) in [6.45, 7) is 5.28. The number of likely N-dealkylation sites (tertiary alicyclic amines) is 1. The van der Waals surface area contributed by atoms with Gasteiger partial charge in [0.1, 0.15) is 17.9 Å². The van der Waals surface area contributed by atoms with Crippen LogP contribution in [0.2, 0.25) is 0 Å². The third-order valence-electron chi connectivity index (χ3n) is 6.14. The maximum absolute atomic E-state index is 12.6. The smallest absolute Gasteiger partial charge is 0.276 e. The van der Waals surface area contributed by atoms with E-state index < -0.39 is 0 Å². The maximum Gasteiger partial charge on any atom is 0.276 e. The van der Waals surface area contributed by atoms with Crippen LogP contribution in [0.15, 0.2) is 23.0 Å². The van der Waals surface area contributed by atoms with Gasteiger partial charge in [-0.25, -0.2) is 9.97 Å². The maximum atomic E-state index is 12.6. The third-order valence-corrected chi connectivity index (χ3v) is 6.14. The SMILES string of the molecule is Cc1cc(C(=O)N2CC3CN(c4cc(C5CCC5)ncn4)CC3C2)no1. The van der Waals surface area contributed by atoms with E-state index in [1.165, 1.54) is 25.0 Å². The molecule has 7 heteroatoms. The van der Waals surface area contributed by atoms with Crippen molar-refractivity contribution in [1.82, 2.24) is 20.0 Å². The Morgan fingerprint density at radius 1 is 1.12 bits per heavy atom. The Labute approximate surface area is 152 Å². The largest absolute Gasteiger partial charge is 0.361 e. The monoisotopic (exact) mass is 353 g/mol. The van der Waals surface area contributed by atoms with Gasteiger partial charge in [0.2, 0.25) is 0 Å². The van der Waals surface area contributed by atoms with Crippen molar-refractivity contribution in [2.45, 2.75) is 32.1 Å². The summed E-state index contributed by atoms with van der Waals surface area (Å²) in [5.41, 5.74) is 1.61. The number of fused-ring (bicyclic) bond motifs is 1. The Kier molecular flexibility index (Phi) is 3.69. The minimum Gasteiger partial charge on any atom is -0.361 e. The lowest BCUT2D eigenvalue weighted by Crippen LogP contribution is -2.33. The predicted molar refractivity (Wildman–Crippen MR) is 95.0 cm³/mol. The normalized spacial score (nSPS) is 25.4. The highest BCUT2D eigenvalue weighted by Gasteiger charge is 2.42. The molecule has 2 aromatic heterocycles. The number of nitrogens with zero attached hydrogens (tertiary/aromatic N) is 5. The topological polar surface area (TPSA) is 75.4 Å². The van der Waals surface area contributed by atoms with E-state index in [4.69, 9.17) is 4.52 Å². The van der Waals surface area contributed by atoms with Gasteiger partial charge in [0.15, 0.2) is 5.69 Å². The van der Waals surface area contributed by atoms with Crippen molar-refractivity contribution in [2.24, 2.45) is 11.8 Å². The zero-order chi connectivity index (χ0) is 17.7. The molecule has 4 heterocycles. The lowest BCUT2D eigenvalue weighted by Gasteiger charge is -2.26. The Hall–Kier alpha value is -2.44. The van der Waals surface area contributed by atoms with E-state index in [0.29, 0.717) is 29.2 Å². The fraction of sp³-hybridized carbons (Fsp3) is 0.579.